The summed E-state index contributed by atoms with van der Waals surface area (Å²) in [4.78, 5) is 25.1. The van der Waals surface area contributed by atoms with Gasteiger partial charge in [-0.25, -0.2) is 4.99 Å². The maximum atomic E-state index is 12.5. The third kappa shape index (κ3) is 5.17. The quantitative estimate of drug-likeness (QED) is 0.741. The standard InChI is InChI=1S/C24H28N4O2S/c1-3-28-15-13-24(14-16-28)26-22(18-9-11-20(30-2)12-10-18)23(27-24)31-17-21(29)25-19-7-5-4-6-8-19/h4-12H,3,13-17H2,1-2H3,(H,25,29). The van der Waals surface area contributed by atoms with Crippen molar-refractivity contribution >= 4 is 34.1 Å². The van der Waals surface area contributed by atoms with Crippen LogP contribution in [0.5, 0.6) is 5.75 Å². The molecule has 2 aromatic rings. The third-order valence-electron chi connectivity index (χ3n) is 5.70. The molecule has 1 N–H and O–H groups in total. The molecule has 7 heteroatoms. The summed E-state index contributed by atoms with van der Waals surface area (Å²) >= 11 is 1.46. The average molecular weight is 437 g/mol. The van der Waals surface area contributed by atoms with Gasteiger partial charge in [0.25, 0.3) is 0 Å². The van der Waals surface area contributed by atoms with Gasteiger partial charge < -0.3 is 15.0 Å². The molecular formula is C24H28N4O2S. The van der Waals surface area contributed by atoms with Gasteiger partial charge in [0.05, 0.1) is 18.6 Å². The topological polar surface area (TPSA) is 66.3 Å². The minimum Gasteiger partial charge on any atom is -0.497 e. The van der Waals surface area contributed by atoms with Crippen molar-refractivity contribution in [2.75, 3.05) is 37.8 Å². The first-order valence-corrected chi connectivity index (χ1v) is 11.6. The molecule has 0 radical (unpaired) electrons. The number of thioether (sulfide) groups is 1. The number of rotatable bonds is 6. The number of aliphatic imine (C=N–C) groups is 2. The highest BCUT2D eigenvalue weighted by atomic mass is 32.2. The van der Waals surface area contributed by atoms with E-state index >= 15 is 0 Å². The largest absolute Gasteiger partial charge is 0.497 e. The monoisotopic (exact) mass is 436 g/mol. The van der Waals surface area contributed by atoms with Crippen LogP contribution in [0.25, 0.3) is 0 Å². The van der Waals surface area contributed by atoms with Crippen LogP contribution in [0.1, 0.15) is 25.3 Å². The van der Waals surface area contributed by atoms with E-state index in [1.165, 1.54) is 11.8 Å². The summed E-state index contributed by atoms with van der Waals surface area (Å²) in [5.41, 5.74) is 2.28. The van der Waals surface area contributed by atoms with Gasteiger partial charge in [-0.1, -0.05) is 36.9 Å². The highest BCUT2D eigenvalue weighted by molar-refractivity contribution is 8.16. The van der Waals surface area contributed by atoms with Crippen molar-refractivity contribution in [3.8, 4) is 5.75 Å². The molecule has 0 aliphatic carbocycles. The molecule has 2 aliphatic rings. The summed E-state index contributed by atoms with van der Waals surface area (Å²) in [7, 11) is 1.66. The van der Waals surface area contributed by atoms with Gasteiger partial charge in [0, 0.05) is 37.2 Å². The predicted octanol–water partition coefficient (Wildman–Crippen LogP) is 4.08. The number of hydrogen-bond donors (Lipinski definition) is 1. The molecule has 0 unspecified atom stereocenters. The fourth-order valence-corrected chi connectivity index (χ4v) is 4.74. The summed E-state index contributed by atoms with van der Waals surface area (Å²) < 4.78 is 5.29. The van der Waals surface area contributed by atoms with E-state index in [1.54, 1.807) is 7.11 Å². The van der Waals surface area contributed by atoms with Crippen LogP contribution < -0.4 is 10.1 Å². The molecule has 1 saturated heterocycles. The van der Waals surface area contributed by atoms with Gasteiger partial charge in [0.1, 0.15) is 10.8 Å². The number of nitrogens with one attached hydrogen (secondary N) is 1. The lowest BCUT2D eigenvalue weighted by molar-refractivity contribution is -0.113. The Morgan fingerprint density at radius 1 is 1.10 bits per heavy atom. The first-order chi connectivity index (χ1) is 15.1. The highest BCUT2D eigenvalue weighted by Crippen LogP contribution is 2.35. The zero-order valence-corrected chi connectivity index (χ0v) is 18.8. The van der Waals surface area contributed by atoms with Gasteiger partial charge >= 0.3 is 0 Å². The van der Waals surface area contributed by atoms with E-state index in [0.29, 0.717) is 5.75 Å². The Hall–Kier alpha value is -2.64. The maximum Gasteiger partial charge on any atom is 0.234 e. The molecule has 0 atom stereocenters. The van der Waals surface area contributed by atoms with E-state index in [2.05, 4.69) is 17.1 Å². The summed E-state index contributed by atoms with van der Waals surface area (Å²) in [5, 5.41) is 3.79. The fraction of sp³-hybridized carbons (Fsp3) is 0.375. The molecule has 0 aromatic heterocycles. The van der Waals surface area contributed by atoms with Crippen LogP contribution in [0, 0.1) is 0 Å². The predicted molar refractivity (Wildman–Crippen MR) is 129 cm³/mol. The summed E-state index contributed by atoms with van der Waals surface area (Å²) in [6, 6.07) is 17.4. The van der Waals surface area contributed by atoms with E-state index in [4.69, 9.17) is 14.7 Å². The molecule has 4 rings (SSSR count). The number of nitrogens with zero attached hydrogens (tertiary/aromatic N) is 3. The number of benzene rings is 2. The fourth-order valence-electron chi connectivity index (χ4n) is 3.86. The zero-order chi connectivity index (χ0) is 21.7. The first kappa shape index (κ1) is 21.6. The lowest BCUT2D eigenvalue weighted by atomic mass is 9.98. The van der Waals surface area contributed by atoms with E-state index in [9.17, 15) is 4.79 Å². The normalized spacial score (nSPS) is 17.9. The number of carbonyl (C=O) groups excluding carboxylic acids is 1. The Balaban J connectivity index is 1.51. The Labute approximate surface area is 187 Å². The summed E-state index contributed by atoms with van der Waals surface area (Å²) in [6.07, 6.45) is 1.81. The van der Waals surface area contributed by atoms with Gasteiger partial charge in [-0.3, -0.25) is 9.79 Å². The number of methoxy groups -OCH3 is 1. The van der Waals surface area contributed by atoms with Gasteiger partial charge in [0.15, 0.2) is 5.66 Å². The Kier molecular flexibility index (Phi) is 6.73. The third-order valence-corrected chi connectivity index (χ3v) is 6.66. The Morgan fingerprint density at radius 2 is 1.81 bits per heavy atom. The minimum atomic E-state index is -0.404. The average Bonchev–Trinajstić information content (AvgIpc) is 3.17. The summed E-state index contributed by atoms with van der Waals surface area (Å²) in [5.74, 6) is 1.05. The second kappa shape index (κ2) is 9.66. The number of hydrogen-bond acceptors (Lipinski definition) is 6. The van der Waals surface area contributed by atoms with Crippen LogP contribution in [-0.2, 0) is 4.79 Å². The number of para-hydroxylation sites is 1. The van der Waals surface area contributed by atoms with E-state index in [0.717, 1.165) is 60.2 Å². The smallest absolute Gasteiger partial charge is 0.234 e. The van der Waals surface area contributed by atoms with Crippen molar-refractivity contribution in [2.45, 2.75) is 25.4 Å². The molecule has 162 valence electrons. The van der Waals surface area contributed by atoms with Gasteiger partial charge in [-0.2, -0.15) is 0 Å². The molecule has 2 aliphatic heterocycles. The zero-order valence-electron chi connectivity index (χ0n) is 18.0. The minimum absolute atomic E-state index is 0.0465. The number of piperidine rings is 1. The lowest BCUT2D eigenvalue weighted by Crippen LogP contribution is -2.41. The second-order valence-electron chi connectivity index (χ2n) is 7.73. The van der Waals surface area contributed by atoms with E-state index < -0.39 is 5.66 Å². The Morgan fingerprint density at radius 3 is 2.45 bits per heavy atom. The molecule has 6 nitrogen and oxygen atoms in total. The Bertz CT molecular complexity index is 965. The van der Waals surface area contributed by atoms with Gasteiger partial charge in [0.2, 0.25) is 5.91 Å². The first-order valence-electron chi connectivity index (χ1n) is 10.7. The van der Waals surface area contributed by atoms with Crippen LogP contribution in [-0.4, -0.2) is 59.7 Å². The van der Waals surface area contributed by atoms with Crippen LogP contribution in [0.2, 0.25) is 0 Å². The van der Waals surface area contributed by atoms with E-state index in [1.807, 2.05) is 54.6 Å². The molecule has 0 bridgehead atoms. The molecule has 1 spiro atoms. The molecule has 2 aromatic carbocycles. The number of anilines is 1. The summed E-state index contributed by atoms with van der Waals surface area (Å²) in [6.45, 7) is 5.22. The number of likely N-dealkylation sites (tertiary alicyclic amines) is 1. The number of amides is 1. The lowest BCUT2D eigenvalue weighted by Gasteiger charge is -2.34. The van der Waals surface area contributed by atoms with Crippen molar-refractivity contribution in [3.63, 3.8) is 0 Å². The van der Waals surface area contributed by atoms with Crippen LogP contribution >= 0.6 is 11.8 Å². The molecule has 1 fully saturated rings. The van der Waals surface area contributed by atoms with Crippen molar-refractivity contribution in [2.24, 2.45) is 9.98 Å². The van der Waals surface area contributed by atoms with Crippen molar-refractivity contribution < 1.29 is 9.53 Å². The maximum absolute atomic E-state index is 12.5. The molecule has 1 amide bonds. The van der Waals surface area contributed by atoms with Crippen LogP contribution in [0.3, 0.4) is 0 Å². The number of carbonyl (C=O) groups is 1. The van der Waals surface area contributed by atoms with Crippen molar-refractivity contribution in [3.05, 3.63) is 60.2 Å². The van der Waals surface area contributed by atoms with Crippen LogP contribution in [0.4, 0.5) is 5.69 Å². The van der Waals surface area contributed by atoms with Crippen LogP contribution in [0.15, 0.2) is 64.6 Å². The SMILES string of the molecule is CCN1CCC2(CC1)N=C(SCC(=O)Nc1ccccc1)C(c1ccc(OC)cc1)=N2. The van der Waals surface area contributed by atoms with E-state index in [-0.39, 0.29) is 5.91 Å². The number of ether oxygens (including phenoxy) is 1. The molecular weight excluding hydrogens is 408 g/mol. The van der Waals surface area contributed by atoms with Crippen molar-refractivity contribution in [1.82, 2.24) is 4.90 Å². The van der Waals surface area contributed by atoms with Crippen molar-refractivity contribution in [1.29, 1.82) is 0 Å². The highest BCUT2D eigenvalue weighted by Gasteiger charge is 2.39. The van der Waals surface area contributed by atoms with Gasteiger partial charge in [-0.15, -0.1) is 0 Å². The molecule has 0 saturated carbocycles. The molecule has 31 heavy (non-hydrogen) atoms. The molecule has 2 heterocycles. The second-order valence-corrected chi connectivity index (χ2v) is 8.69. The van der Waals surface area contributed by atoms with Gasteiger partial charge in [-0.05, 0) is 42.9 Å².